The molecule has 0 aliphatic carbocycles. The number of nitrogens with one attached hydrogen (secondary N) is 1. The monoisotopic (exact) mass is 320 g/mol. The van der Waals surface area contributed by atoms with Crippen molar-refractivity contribution < 1.29 is 17.2 Å². The van der Waals surface area contributed by atoms with Gasteiger partial charge in [0.05, 0.1) is 4.90 Å². The molecule has 0 atom stereocenters. The van der Waals surface area contributed by atoms with Crippen LogP contribution >= 0.6 is 0 Å². The quantitative estimate of drug-likeness (QED) is 0.799. The van der Waals surface area contributed by atoms with Crippen LogP contribution in [0.25, 0.3) is 0 Å². The summed E-state index contributed by atoms with van der Waals surface area (Å²) >= 11 is 0. The topological polar surface area (TPSA) is 49.4 Å². The Kier molecular flexibility index (Phi) is 6.54. The van der Waals surface area contributed by atoms with E-state index in [2.05, 4.69) is 19.2 Å². The SMILES string of the molecule is CCN(CCNC(C)C)c1ccc(S(=O)(=O)C(F)F)cc1. The first kappa shape index (κ1) is 17.8. The third-order valence-corrected chi connectivity index (χ3v) is 4.48. The van der Waals surface area contributed by atoms with Crippen LogP contribution in [0.15, 0.2) is 29.2 Å². The third kappa shape index (κ3) is 4.93. The fraction of sp³-hybridized carbons (Fsp3) is 0.571. The standard InChI is InChI=1S/C14H22F2N2O2S/c1-4-18(10-9-17-11(2)3)12-5-7-13(8-6-12)21(19,20)14(15)16/h5-8,11,14,17H,4,9-10H2,1-3H3. The van der Waals surface area contributed by atoms with Gasteiger partial charge in [0.2, 0.25) is 9.84 Å². The molecule has 1 aromatic carbocycles. The van der Waals surface area contributed by atoms with Gasteiger partial charge in [-0.25, -0.2) is 8.42 Å². The fourth-order valence-electron chi connectivity index (χ4n) is 1.91. The van der Waals surface area contributed by atoms with Crippen molar-refractivity contribution in [3.63, 3.8) is 0 Å². The molecule has 120 valence electrons. The van der Waals surface area contributed by atoms with Crippen molar-refractivity contribution in [2.75, 3.05) is 24.5 Å². The Morgan fingerprint density at radius 2 is 1.76 bits per heavy atom. The van der Waals surface area contributed by atoms with E-state index >= 15 is 0 Å². The summed E-state index contributed by atoms with van der Waals surface area (Å²) in [5.41, 5.74) is 0.816. The Morgan fingerprint density at radius 3 is 2.19 bits per heavy atom. The van der Waals surface area contributed by atoms with E-state index in [4.69, 9.17) is 0 Å². The maximum absolute atomic E-state index is 12.5. The van der Waals surface area contributed by atoms with Crippen LogP contribution in [0, 0.1) is 0 Å². The normalized spacial score (nSPS) is 12.1. The van der Waals surface area contributed by atoms with Crippen molar-refractivity contribution in [1.29, 1.82) is 0 Å². The van der Waals surface area contributed by atoms with Crippen LogP contribution in [0.3, 0.4) is 0 Å². The molecule has 0 aromatic heterocycles. The molecule has 0 amide bonds. The summed E-state index contributed by atoms with van der Waals surface area (Å²) in [6, 6.07) is 5.98. The summed E-state index contributed by atoms with van der Waals surface area (Å²) in [7, 11) is -4.52. The van der Waals surface area contributed by atoms with Crippen molar-refractivity contribution in [1.82, 2.24) is 5.32 Å². The lowest BCUT2D eigenvalue weighted by molar-refractivity contribution is 0.234. The minimum absolute atomic E-state index is 0.349. The van der Waals surface area contributed by atoms with Gasteiger partial charge in [-0.2, -0.15) is 8.78 Å². The molecule has 7 heteroatoms. The predicted molar refractivity (Wildman–Crippen MR) is 80.7 cm³/mol. The largest absolute Gasteiger partial charge is 0.371 e. The van der Waals surface area contributed by atoms with Gasteiger partial charge in [-0.05, 0) is 31.2 Å². The molecule has 0 saturated heterocycles. The van der Waals surface area contributed by atoms with Crippen LogP contribution < -0.4 is 10.2 Å². The van der Waals surface area contributed by atoms with Gasteiger partial charge in [0.25, 0.3) is 0 Å². The van der Waals surface area contributed by atoms with Crippen molar-refractivity contribution >= 4 is 15.5 Å². The van der Waals surface area contributed by atoms with E-state index in [-0.39, 0.29) is 4.90 Å². The molecule has 4 nitrogen and oxygen atoms in total. The molecule has 0 spiro atoms. The van der Waals surface area contributed by atoms with Crippen LogP contribution in [-0.4, -0.2) is 39.9 Å². The highest BCUT2D eigenvalue weighted by atomic mass is 32.2. The highest BCUT2D eigenvalue weighted by molar-refractivity contribution is 7.91. The molecule has 0 aliphatic rings. The molecule has 1 rings (SSSR count). The van der Waals surface area contributed by atoms with Crippen LogP contribution in [0.4, 0.5) is 14.5 Å². The smallest absolute Gasteiger partial charge is 0.341 e. The first-order valence-corrected chi connectivity index (χ1v) is 8.44. The first-order chi connectivity index (χ1) is 9.78. The fourth-order valence-corrected chi connectivity index (χ4v) is 2.63. The number of benzene rings is 1. The van der Waals surface area contributed by atoms with Gasteiger partial charge in [0, 0.05) is 31.4 Å². The first-order valence-electron chi connectivity index (χ1n) is 6.89. The molecule has 0 unspecified atom stereocenters. The second-order valence-electron chi connectivity index (χ2n) is 4.99. The number of hydrogen-bond acceptors (Lipinski definition) is 4. The van der Waals surface area contributed by atoms with Gasteiger partial charge in [0.15, 0.2) is 0 Å². The minimum Gasteiger partial charge on any atom is -0.371 e. The highest BCUT2D eigenvalue weighted by Crippen LogP contribution is 2.22. The maximum Gasteiger partial charge on any atom is 0.341 e. The molecular weight excluding hydrogens is 298 g/mol. The Morgan fingerprint density at radius 1 is 1.19 bits per heavy atom. The van der Waals surface area contributed by atoms with Gasteiger partial charge in [-0.3, -0.25) is 0 Å². The number of nitrogens with zero attached hydrogens (tertiary/aromatic N) is 1. The summed E-state index contributed by atoms with van der Waals surface area (Å²) < 4.78 is 47.6. The lowest BCUT2D eigenvalue weighted by Gasteiger charge is -2.24. The van der Waals surface area contributed by atoms with Crippen LogP contribution in [0.1, 0.15) is 20.8 Å². The second kappa shape index (κ2) is 7.70. The number of hydrogen-bond donors (Lipinski definition) is 1. The Balaban J connectivity index is 2.80. The van der Waals surface area contributed by atoms with Gasteiger partial charge in [0.1, 0.15) is 0 Å². The van der Waals surface area contributed by atoms with E-state index in [1.54, 1.807) is 12.1 Å². The molecule has 0 aliphatic heterocycles. The van der Waals surface area contributed by atoms with Crippen LogP contribution in [0.5, 0.6) is 0 Å². The molecule has 0 saturated carbocycles. The molecule has 0 fully saturated rings. The Hall–Kier alpha value is -1.21. The van der Waals surface area contributed by atoms with Crippen molar-refractivity contribution in [2.45, 2.75) is 37.5 Å². The average Bonchev–Trinajstić information content (AvgIpc) is 2.43. The van der Waals surface area contributed by atoms with E-state index in [9.17, 15) is 17.2 Å². The zero-order valence-electron chi connectivity index (χ0n) is 12.5. The molecule has 0 heterocycles. The van der Waals surface area contributed by atoms with E-state index in [0.717, 1.165) is 25.3 Å². The van der Waals surface area contributed by atoms with Crippen molar-refractivity contribution in [3.8, 4) is 0 Å². The van der Waals surface area contributed by atoms with E-state index < -0.39 is 15.6 Å². The lowest BCUT2D eigenvalue weighted by Crippen LogP contribution is -2.34. The number of anilines is 1. The average molecular weight is 320 g/mol. The maximum atomic E-state index is 12.5. The number of rotatable bonds is 8. The van der Waals surface area contributed by atoms with E-state index in [1.807, 2.05) is 11.8 Å². The highest BCUT2D eigenvalue weighted by Gasteiger charge is 2.26. The van der Waals surface area contributed by atoms with Crippen molar-refractivity contribution in [2.24, 2.45) is 0 Å². The third-order valence-electron chi connectivity index (χ3n) is 3.08. The van der Waals surface area contributed by atoms with Crippen molar-refractivity contribution in [3.05, 3.63) is 24.3 Å². The van der Waals surface area contributed by atoms with E-state index in [1.165, 1.54) is 12.1 Å². The van der Waals surface area contributed by atoms with Crippen LogP contribution in [0.2, 0.25) is 0 Å². The second-order valence-corrected chi connectivity index (χ2v) is 6.91. The summed E-state index contributed by atoms with van der Waals surface area (Å²) in [4.78, 5) is 1.70. The Bertz CT molecular complexity index is 530. The molecule has 21 heavy (non-hydrogen) atoms. The molecule has 0 radical (unpaired) electrons. The minimum atomic E-state index is -4.52. The zero-order valence-corrected chi connectivity index (χ0v) is 13.3. The molecule has 1 aromatic rings. The number of sulfone groups is 1. The predicted octanol–water partition coefficient (Wildman–Crippen LogP) is 2.51. The van der Waals surface area contributed by atoms with Crippen LogP contribution in [-0.2, 0) is 9.84 Å². The van der Waals surface area contributed by atoms with E-state index in [0.29, 0.717) is 6.04 Å². The number of halogens is 2. The lowest BCUT2D eigenvalue weighted by atomic mass is 10.3. The number of alkyl halides is 2. The van der Waals surface area contributed by atoms with Gasteiger partial charge in [-0.1, -0.05) is 13.8 Å². The summed E-state index contributed by atoms with van der Waals surface area (Å²) in [6.07, 6.45) is 0. The number of likely N-dealkylation sites (N-methyl/N-ethyl adjacent to an activating group) is 1. The Labute approximate surface area is 125 Å². The molecule has 0 bridgehead atoms. The molecular formula is C14H22F2N2O2S. The summed E-state index contributed by atoms with van der Waals surface area (Å²) in [5.74, 6) is -3.39. The molecule has 1 N–H and O–H groups in total. The van der Waals surface area contributed by atoms with Gasteiger partial charge < -0.3 is 10.2 Å². The summed E-state index contributed by atoms with van der Waals surface area (Å²) in [6.45, 7) is 8.40. The van der Waals surface area contributed by atoms with Gasteiger partial charge >= 0.3 is 5.76 Å². The van der Waals surface area contributed by atoms with Gasteiger partial charge in [-0.15, -0.1) is 0 Å². The summed E-state index contributed by atoms with van der Waals surface area (Å²) in [5, 5.41) is 3.29. The zero-order chi connectivity index (χ0) is 16.0.